The van der Waals surface area contributed by atoms with Crippen LogP contribution < -0.4 is 10.6 Å². The lowest BCUT2D eigenvalue weighted by Crippen LogP contribution is -2.54. The lowest BCUT2D eigenvalue weighted by Gasteiger charge is -2.47. The Morgan fingerprint density at radius 1 is 1.43 bits per heavy atom. The number of hydrogen-bond donors (Lipinski definition) is 2. The molecule has 1 aromatic rings. The molecule has 130 valence electrons. The minimum Gasteiger partial charge on any atom is -0.469 e. The number of halogens is 1. The smallest absolute Gasteiger partial charge is 0.191 e. The Balaban J connectivity index is 0.00000192. The molecule has 3 rings (SSSR count). The van der Waals surface area contributed by atoms with Crippen LogP contribution in [-0.4, -0.2) is 37.3 Å². The van der Waals surface area contributed by atoms with Crippen molar-refractivity contribution in [2.75, 3.05) is 19.7 Å². The lowest BCUT2D eigenvalue weighted by molar-refractivity contribution is -0.134. The van der Waals surface area contributed by atoms with Gasteiger partial charge in [-0.1, -0.05) is 0 Å². The quantitative estimate of drug-likeness (QED) is 0.426. The summed E-state index contributed by atoms with van der Waals surface area (Å²) < 4.78 is 11.3. The molecule has 23 heavy (non-hydrogen) atoms. The van der Waals surface area contributed by atoms with E-state index in [0.717, 1.165) is 50.7 Å². The molecule has 1 aliphatic heterocycles. The van der Waals surface area contributed by atoms with Gasteiger partial charge in [0.1, 0.15) is 5.76 Å². The van der Waals surface area contributed by atoms with Gasteiger partial charge in [0.2, 0.25) is 0 Å². The van der Waals surface area contributed by atoms with Gasteiger partial charge in [-0.2, -0.15) is 0 Å². The van der Waals surface area contributed by atoms with E-state index in [1.807, 2.05) is 12.1 Å². The van der Waals surface area contributed by atoms with Gasteiger partial charge < -0.3 is 19.8 Å². The third kappa shape index (κ3) is 5.11. The minimum atomic E-state index is 0. The fourth-order valence-electron chi connectivity index (χ4n) is 3.32. The second-order valence-corrected chi connectivity index (χ2v) is 6.31. The zero-order valence-electron chi connectivity index (χ0n) is 13.8. The average Bonchev–Trinajstić information content (AvgIpc) is 2.99. The maximum absolute atomic E-state index is 5.99. The second kappa shape index (κ2) is 8.92. The Labute approximate surface area is 155 Å². The summed E-state index contributed by atoms with van der Waals surface area (Å²) in [4.78, 5) is 4.67. The Hall–Kier alpha value is -0.760. The van der Waals surface area contributed by atoms with Crippen LogP contribution in [0, 0.1) is 0 Å². The molecule has 1 aliphatic carbocycles. The molecule has 0 aromatic carbocycles. The molecule has 6 heteroatoms. The van der Waals surface area contributed by atoms with Crippen LogP contribution in [0.25, 0.3) is 0 Å². The highest BCUT2D eigenvalue weighted by Gasteiger charge is 2.42. The van der Waals surface area contributed by atoms with E-state index in [2.05, 4.69) is 22.5 Å². The number of rotatable bonds is 5. The van der Waals surface area contributed by atoms with E-state index >= 15 is 0 Å². The van der Waals surface area contributed by atoms with Gasteiger partial charge in [-0.25, -0.2) is 0 Å². The summed E-state index contributed by atoms with van der Waals surface area (Å²) in [5.74, 6) is 1.90. The van der Waals surface area contributed by atoms with Crippen molar-refractivity contribution in [1.29, 1.82) is 0 Å². The summed E-state index contributed by atoms with van der Waals surface area (Å²) in [6.45, 7) is 4.57. The predicted octanol–water partition coefficient (Wildman–Crippen LogP) is 3.10. The highest BCUT2D eigenvalue weighted by Crippen LogP contribution is 2.42. The zero-order valence-corrected chi connectivity index (χ0v) is 16.2. The first kappa shape index (κ1) is 18.6. The predicted molar refractivity (Wildman–Crippen MR) is 102 cm³/mol. The highest BCUT2D eigenvalue weighted by atomic mass is 127. The van der Waals surface area contributed by atoms with Crippen molar-refractivity contribution in [1.82, 2.24) is 10.6 Å². The Morgan fingerprint density at radius 2 is 2.30 bits per heavy atom. The Kier molecular flexibility index (Phi) is 7.20. The SMILES string of the molecule is CCNC(=NCCc1ccco1)NC1CCOC2(CCC2)C1.I. The largest absolute Gasteiger partial charge is 0.469 e. The number of nitrogens with one attached hydrogen (secondary N) is 2. The van der Waals surface area contributed by atoms with E-state index in [9.17, 15) is 0 Å². The normalized spacial score (nSPS) is 23.0. The molecule has 2 aliphatic rings. The van der Waals surface area contributed by atoms with Gasteiger partial charge in [-0.05, 0) is 51.2 Å². The summed E-state index contributed by atoms with van der Waals surface area (Å²) in [5, 5.41) is 6.93. The van der Waals surface area contributed by atoms with Crippen molar-refractivity contribution in [2.45, 2.75) is 57.1 Å². The van der Waals surface area contributed by atoms with Gasteiger partial charge >= 0.3 is 0 Å². The third-order valence-electron chi connectivity index (χ3n) is 4.65. The number of hydrogen-bond acceptors (Lipinski definition) is 3. The molecular formula is C17H28IN3O2. The minimum absolute atomic E-state index is 0. The molecule has 0 radical (unpaired) electrons. The second-order valence-electron chi connectivity index (χ2n) is 6.31. The van der Waals surface area contributed by atoms with Crippen LogP contribution in [0.5, 0.6) is 0 Å². The molecule has 1 saturated carbocycles. The van der Waals surface area contributed by atoms with Crippen molar-refractivity contribution in [3.63, 3.8) is 0 Å². The highest BCUT2D eigenvalue weighted by molar-refractivity contribution is 14.0. The molecule has 0 amide bonds. The maximum atomic E-state index is 5.99. The molecular weight excluding hydrogens is 405 g/mol. The van der Waals surface area contributed by atoms with E-state index < -0.39 is 0 Å². The van der Waals surface area contributed by atoms with Crippen molar-refractivity contribution in [2.24, 2.45) is 4.99 Å². The van der Waals surface area contributed by atoms with Crippen LogP contribution in [0.15, 0.2) is 27.8 Å². The van der Waals surface area contributed by atoms with Gasteiger partial charge in [0.25, 0.3) is 0 Å². The maximum Gasteiger partial charge on any atom is 0.191 e. The molecule has 2 fully saturated rings. The van der Waals surface area contributed by atoms with Gasteiger partial charge in [0.15, 0.2) is 5.96 Å². The van der Waals surface area contributed by atoms with E-state index in [4.69, 9.17) is 9.15 Å². The molecule has 0 bridgehead atoms. The fraction of sp³-hybridized carbons (Fsp3) is 0.706. The number of nitrogens with zero attached hydrogens (tertiary/aromatic N) is 1. The zero-order chi connectivity index (χ0) is 15.3. The van der Waals surface area contributed by atoms with Gasteiger partial charge in [0, 0.05) is 32.2 Å². The van der Waals surface area contributed by atoms with Gasteiger partial charge in [-0.3, -0.25) is 4.99 Å². The Morgan fingerprint density at radius 3 is 2.96 bits per heavy atom. The molecule has 1 unspecified atom stereocenters. The first-order valence-electron chi connectivity index (χ1n) is 8.51. The van der Waals surface area contributed by atoms with Gasteiger partial charge in [-0.15, -0.1) is 24.0 Å². The summed E-state index contributed by atoms with van der Waals surface area (Å²) in [7, 11) is 0. The molecule has 2 N–H and O–H groups in total. The lowest BCUT2D eigenvalue weighted by atomic mass is 9.74. The molecule has 1 atom stereocenters. The van der Waals surface area contributed by atoms with Crippen molar-refractivity contribution < 1.29 is 9.15 Å². The van der Waals surface area contributed by atoms with E-state index in [-0.39, 0.29) is 29.6 Å². The standard InChI is InChI=1S/C17H27N3O2.HI/c1-2-18-16(19-10-6-15-5-3-11-21-15)20-14-7-12-22-17(13-14)8-4-9-17;/h3,5,11,14H,2,4,6-10,12-13H2,1H3,(H2,18,19,20);1H. The number of aliphatic imine (C=N–C) groups is 1. The molecule has 2 heterocycles. The fourth-order valence-corrected chi connectivity index (χ4v) is 3.32. The van der Waals surface area contributed by atoms with Crippen LogP contribution >= 0.6 is 24.0 Å². The van der Waals surface area contributed by atoms with Crippen molar-refractivity contribution in [3.05, 3.63) is 24.2 Å². The average molecular weight is 433 g/mol. The first-order valence-corrected chi connectivity index (χ1v) is 8.51. The number of ether oxygens (including phenoxy) is 1. The first-order chi connectivity index (χ1) is 10.8. The monoisotopic (exact) mass is 433 g/mol. The van der Waals surface area contributed by atoms with E-state index in [1.54, 1.807) is 6.26 Å². The molecule has 5 nitrogen and oxygen atoms in total. The summed E-state index contributed by atoms with van der Waals surface area (Å²) in [6, 6.07) is 4.38. The topological polar surface area (TPSA) is 58.8 Å². The molecule has 1 saturated heterocycles. The van der Waals surface area contributed by atoms with Crippen LogP contribution in [0.1, 0.15) is 44.8 Å². The van der Waals surface area contributed by atoms with E-state index in [0.29, 0.717) is 6.04 Å². The van der Waals surface area contributed by atoms with Crippen molar-refractivity contribution >= 4 is 29.9 Å². The molecule has 1 aromatic heterocycles. The summed E-state index contributed by atoms with van der Waals surface area (Å²) >= 11 is 0. The summed E-state index contributed by atoms with van der Waals surface area (Å²) in [6.07, 6.45) is 8.46. The number of furan rings is 1. The third-order valence-corrected chi connectivity index (χ3v) is 4.65. The van der Waals surface area contributed by atoms with Crippen molar-refractivity contribution in [3.8, 4) is 0 Å². The van der Waals surface area contributed by atoms with Gasteiger partial charge in [0.05, 0.1) is 11.9 Å². The Bertz CT molecular complexity index is 486. The van der Waals surface area contributed by atoms with E-state index in [1.165, 1.54) is 19.3 Å². The summed E-state index contributed by atoms with van der Waals surface area (Å²) in [5.41, 5.74) is 0.168. The molecule has 1 spiro atoms. The number of guanidine groups is 1. The van der Waals surface area contributed by atoms with Crippen LogP contribution in [0.4, 0.5) is 0 Å². The van der Waals surface area contributed by atoms with Crippen LogP contribution in [0.3, 0.4) is 0 Å². The van der Waals surface area contributed by atoms with Crippen LogP contribution in [0.2, 0.25) is 0 Å². The van der Waals surface area contributed by atoms with Crippen LogP contribution in [-0.2, 0) is 11.2 Å².